The molecule has 6 heteroatoms. The van der Waals surface area contributed by atoms with Gasteiger partial charge in [0.1, 0.15) is 5.75 Å². The van der Waals surface area contributed by atoms with E-state index in [1.54, 1.807) is 41.2 Å². The van der Waals surface area contributed by atoms with Crippen LogP contribution in [0.15, 0.2) is 78.9 Å². The number of benzene rings is 3. The van der Waals surface area contributed by atoms with E-state index in [2.05, 4.69) is 0 Å². The van der Waals surface area contributed by atoms with E-state index in [9.17, 15) is 9.59 Å². The van der Waals surface area contributed by atoms with Crippen LogP contribution in [0.2, 0.25) is 5.02 Å². The van der Waals surface area contributed by atoms with Crippen molar-refractivity contribution in [2.75, 3.05) is 27.2 Å². The van der Waals surface area contributed by atoms with Crippen LogP contribution in [0.1, 0.15) is 27.4 Å². The van der Waals surface area contributed by atoms with Crippen molar-refractivity contribution in [3.8, 4) is 5.75 Å². The predicted octanol–water partition coefficient (Wildman–Crippen LogP) is 4.86. The highest BCUT2D eigenvalue weighted by Gasteiger charge is 2.42. The predicted molar refractivity (Wildman–Crippen MR) is 129 cm³/mol. The maximum atomic E-state index is 13.6. The first kappa shape index (κ1) is 22.9. The summed E-state index contributed by atoms with van der Waals surface area (Å²) in [6.07, 6.45) is 0. The second-order valence-electron chi connectivity index (χ2n) is 8.36. The second kappa shape index (κ2) is 10.1. The lowest BCUT2D eigenvalue weighted by molar-refractivity contribution is -0.134. The number of nitrogens with zero attached hydrogens (tertiary/aromatic N) is 2. The van der Waals surface area contributed by atoms with Crippen LogP contribution in [0.3, 0.4) is 0 Å². The maximum Gasteiger partial charge on any atom is 0.255 e. The van der Waals surface area contributed by atoms with Gasteiger partial charge in [-0.1, -0.05) is 66.2 Å². The van der Waals surface area contributed by atoms with Crippen molar-refractivity contribution in [2.24, 2.45) is 5.92 Å². The quantitative estimate of drug-likeness (QED) is 0.525. The van der Waals surface area contributed by atoms with Crippen LogP contribution in [0.25, 0.3) is 0 Å². The van der Waals surface area contributed by atoms with Gasteiger partial charge in [0.05, 0.1) is 23.6 Å². The number of halogens is 1. The molecule has 3 aromatic carbocycles. The Labute approximate surface area is 199 Å². The minimum atomic E-state index is -0.364. The van der Waals surface area contributed by atoms with Crippen molar-refractivity contribution in [3.05, 3.63) is 101 Å². The molecule has 0 aromatic heterocycles. The van der Waals surface area contributed by atoms with Crippen molar-refractivity contribution in [1.29, 1.82) is 0 Å². The van der Waals surface area contributed by atoms with Crippen LogP contribution in [0, 0.1) is 5.92 Å². The van der Waals surface area contributed by atoms with Gasteiger partial charge in [-0.3, -0.25) is 9.59 Å². The zero-order valence-electron chi connectivity index (χ0n) is 18.8. The number of ether oxygens (including phenoxy) is 1. The van der Waals surface area contributed by atoms with Gasteiger partial charge in [-0.05, 0) is 35.4 Å². The Morgan fingerprint density at radius 2 is 1.73 bits per heavy atom. The standard InChI is InChI=1S/C27H27ClN2O3/c1-29(16-19-9-4-3-5-10-19)26(31)24-18-30(27(32)22-13-6-7-14-25(22)28)17-23(24)20-11-8-12-21(15-20)33-2/h3-15,23-24H,16-18H2,1-2H3/t23-,24+/m1/s1. The molecule has 0 aliphatic carbocycles. The summed E-state index contributed by atoms with van der Waals surface area (Å²) in [5.74, 6) is 0.0809. The monoisotopic (exact) mass is 462 g/mol. The average molecular weight is 463 g/mol. The molecule has 0 unspecified atom stereocenters. The normalized spacial score (nSPS) is 17.6. The van der Waals surface area contributed by atoms with Gasteiger partial charge in [0.15, 0.2) is 0 Å². The number of hydrogen-bond acceptors (Lipinski definition) is 3. The summed E-state index contributed by atoms with van der Waals surface area (Å²) < 4.78 is 5.40. The molecule has 0 spiro atoms. The summed E-state index contributed by atoms with van der Waals surface area (Å²) in [5, 5.41) is 0.413. The van der Waals surface area contributed by atoms with Gasteiger partial charge in [0, 0.05) is 32.6 Å². The summed E-state index contributed by atoms with van der Waals surface area (Å²) in [4.78, 5) is 30.4. The summed E-state index contributed by atoms with van der Waals surface area (Å²) >= 11 is 6.29. The fourth-order valence-corrected chi connectivity index (χ4v) is 4.67. The lowest BCUT2D eigenvalue weighted by Crippen LogP contribution is -2.36. The summed E-state index contributed by atoms with van der Waals surface area (Å²) in [6, 6.07) is 24.7. The van der Waals surface area contributed by atoms with Crippen LogP contribution < -0.4 is 4.74 Å². The fraction of sp³-hybridized carbons (Fsp3) is 0.259. The molecule has 1 aliphatic rings. The minimum Gasteiger partial charge on any atom is -0.497 e. The molecule has 0 saturated carbocycles. The van der Waals surface area contributed by atoms with E-state index in [1.807, 2.05) is 61.6 Å². The van der Waals surface area contributed by atoms with Crippen LogP contribution in [-0.2, 0) is 11.3 Å². The van der Waals surface area contributed by atoms with E-state index in [0.29, 0.717) is 30.2 Å². The molecule has 0 radical (unpaired) electrons. The number of amides is 2. The van der Waals surface area contributed by atoms with Gasteiger partial charge >= 0.3 is 0 Å². The van der Waals surface area contributed by atoms with Crippen LogP contribution in [0.4, 0.5) is 0 Å². The molecular formula is C27H27ClN2O3. The minimum absolute atomic E-state index is 0.0149. The van der Waals surface area contributed by atoms with E-state index < -0.39 is 0 Å². The maximum absolute atomic E-state index is 13.6. The number of carbonyl (C=O) groups is 2. The smallest absolute Gasteiger partial charge is 0.255 e. The molecule has 1 aliphatic heterocycles. The number of carbonyl (C=O) groups excluding carboxylic acids is 2. The van der Waals surface area contributed by atoms with Gasteiger partial charge in [0.25, 0.3) is 5.91 Å². The first-order valence-corrected chi connectivity index (χ1v) is 11.3. The molecule has 2 atom stereocenters. The summed E-state index contributed by atoms with van der Waals surface area (Å²) in [7, 11) is 3.44. The van der Waals surface area contributed by atoms with Crippen molar-refractivity contribution in [1.82, 2.24) is 9.80 Å². The largest absolute Gasteiger partial charge is 0.497 e. The SMILES string of the molecule is COc1cccc([C@H]2CN(C(=O)c3ccccc3Cl)C[C@@H]2C(=O)N(C)Cc2ccccc2)c1. The Balaban J connectivity index is 1.62. The van der Waals surface area contributed by atoms with Crippen LogP contribution >= 0.6 is 11.6 Å². The van der Waals surface area contributed by atoms with E-state index in [4.69, 9.17) is 16.3 Å². The van der Waals surface area contributed by atoms with Gasteiger partial charge in [-0.2, -0.15) is 0 Å². The number of methoxy groups -OCH3 is 1. The van der Waals surface area contributed by atoms with E-state index in [0.717, 1.165) is 16.9 Å². The van der Waals surface area contributed by atoms with Crippen LogP contribution in [-0.4, -0.2) is 48.9 Å². The third kappa shape index (κ3) is 5.04. The molecule has 2 amide bonds. The van der Waals surface area contributed by atoms with E-state index >= 15 is 0 Å². The number of hydrogen-bond donors (Lipinski definition) is 0. The summed E-state index contributed by atoms with van der Waals surface area (Å²) in [6.45, 7) is 1.29. The van der Waals surface area contributed by atoms with Crippen LogP contribution in [0.5, 0.6) is 5.75 Å². The third-order valence-electron chi connectivity index (χ3n) is 6.19. The van der Waals surface area contributed by atoms with Gasteiger partial charge in [0.2, 0.25) is 5.91 Å². The highest BCUT2D eigenvalue weighted by Crippen LogP contribution is 2.36. The van der Waals surface area contributed by atoms with Gasteiger partial charge in [-0.25, -0.2) is 0 Å². The molecule has 170 valence electrons. The molecule has 1 fully saturated rings. The van der Waals surface area contributed by atoms with E-state index in [-0.39, 0.29) is 23.7 Å². The number of likely N-dealkylation sites (tertiary alicyclic amines) is 1. The van der Waals surface area contributed by atoms with Crippen molar-refractivity contribution in [3.63, 3.8) is 0 Å². The van der Waals surface area contributed by atoms with Crippen molar-refractivity contribution >= 4 is 23.4 Å². The average Bonchev–Trinajstić information content (AvgIpc) is 3.29. The Morgan fingerprint density at radius 1 is 1.00 bits per heavy atom. The number of rotatable bonds is 6. The fourth-order valence-electron chi connectivity index (χ4n) is 4.45. The molecule has 1 heterocycles. The molecule has 1 saturated heterocycles. The molecule has 3 aromatic rings. The zero-order chi connectivity index (χ0) is 23.4. The Morgan fingerprint density at radius 3 is 2.45 bits per heavy atom. The van der Waals surface area contributed by atoms with Crippen molar-refractivity contribution in [2.45, 2.75) is 12.5 Å². The second-order valence-corrected chi connectivity index (χ2v) is 8.77. The molecule has 0 N–H and O–H groups in total. The molecule has 5 nitrogen and oxygen atoms in total. The zero-order valence-corrected chi connectivity index (χ0v) is 19.5. The van der Waals surface area contributed by atoms with E-state index in [1.165, 1.54) is 0 Å². The highest BCUT2D eigenvalue weighted by molar-refractivity contribution is 6.33. The van der Waals surface area contributed by atoms with Gasteiger partial charge in [-0.15, -0.1) is 0 Å². The van der Waals surface area contributed by atoms with Crippen molar-refractivity contribution < 1.29 is 14.3 Å². The lowest BCUT2D eigenvalue weighted by atomic mass is 9.88. The molecule has 33 heavy (non-hydrogen) atoms. The highest BCUT2D eigenvalue weighted by atomic mass is 35.5. The Hall–Kier alpha value is -3.31. The third-order valence-corrected chi connectivity index (χ3v) is 6.52. The molecular weight excluding hydrogens is 436 g/mol. The topological polar surface area (TPSA) is 49.9 Å². The van der Waals surface area contributed by atoms with Gasteiger partial charge < -0.3 is 14.5 Å². The lowest BCUT2D eigenvalue weighted by Gasteiger charge is -2.25. The Kier molecular flexibility index (Phi) is 6.99. The summed E-state index contributed by atoms with van der Waals surface area (Å²) in [5.41, 5.74) is 2.50. The first-order chi connectivity index (χ1) is 16.0. The first-order valence-electron chi connectivity index (χ1n) is 10.9. The molecule has 4 rings (SSSR count). The molecule has 0 bridgehead atoms. The Bertz CT molecular complexity index is 1130.